The lowest BCUT2D eigenvalue weighted by molar-refractivity contribution is 0.562. The zero-order chi connectivity index (χ0) is 12.8. The second kappa shape index (κ2) is 4.50. The van der Waals surface area contributed by atoms with Crippen molar-refractivity contribution in [1.82, 2.24) is 14.9 Å². The molecule has 0 spiro atoms. The van der Waals surface area contributed by atoms with Gasteiger partial charge in [0, 0.05) is 23.5 Å². The fraction of sp³-hybridized carbons (Fsp3) is 0.533. The van der Waals surface area contributed by atoms with Crippen LogP contribution < -0.4 is 5.32 Å². The van der Waals surface area contributed by atoms with Gasteiger partial charge in [-0.3, -0.25) is 0 Å². The molecule has 100 valence electrons. The summed E-state index contributed by atoms with van der Waals surface area (Å²) in [5, 5.41) is 4.34. The first kappa shape index (κ1) is 11.7. The zero-order valence-corrected chi connectivity index (χ0v) is 11.7. The molecule has 1 unspecified atom stereocenters. The highest BCUT2D eigenvalue weighted by molar-refractivity contribution is 6.31. The minimum absolute atomic E-state index is 0.602. The molecule has 1 saturated heterocycles. The Labute approximate surface area is 118 Å². The van der Waals surface area contributed by atoms with Crippen molar-refractivity contribution in [3.63, 3.8) is 0 Å². The number of rotatable bonds is 3. The SMILES string of the molecule is Clc1ccc2c(c1)nc(CC1CCCN1)n2C1CC1. The lowest BCUT2D eigenvalue weighted by Crippen LogP contribution is -2.25. The van der Waals surface area contributed by atoms with Crippen LogP contribution in [-0.4, -0.2) is 22.1 Å². The van der Waals surface area contributed by atoms with Gasteiger partial charge in [0.05, 0.1) is 11.0 Å². The zero-order valence-electron chi connectivity index (χ0n) is 10.9. The van der Waals surface area contributed by atoms with E-state index in [1.807, 2.05) is 12.1 Å². The van der Waals surface area contributed by atoms with Gasteiger partial charge in [0.2, 0.25) is 0 Å². The first-order chi connectivity index (χ1) is 9.31. The van der Waals surface area contributed by atoms with Gasteiger partial charge in [-0.05, 0) is 50.4 Å². The summed E-state index contributed by atoms with van der Waals surface area (Å²) in [5.41, 5.74) is 2.30. The highest BCUT2D eigenvalue weighted by Crippen LogP contribution is 2.39. The van der Waals surface area contributed by atoms with Crippen molar-refractivity contribution in [2.45, 2.75) is 44.2 Å². The second-order valence-electron chi connectivity index (χ2n) is 5.76. The number of benzene rings is 1. The van der Waals surface area contributed by atoms with Gasteiger partial charge in [-0.25, -0.2) is 4.98 Å². The predicted octanol–water partition coefficient (Wildman–Crippen LogP) is 3.32. The third kappa shape index (κ3) is 2.15. The number of aromatic nitrogens is 2. The van der Waals surface area contributed by atoms with E-state index in [0.717, 1.165) is 23.5 Å². The number of nitrogens with one attached hydrogen (secondary N) is 1. The maximum absolute atomic E-state index is 6.08. The Morgan fingerprint density at radius 3 is 2.95 bits per heavy atom. The van der Waals surface area contributed by atoms with Crippen molar-refractivity contribution in [2.24, 2.45) is 0 Å². The normalized spacial score (nSPS) is 23.3. The number of hydrogen-bond acceptors (Lipinski definition) is 2. The van der Waals surface area contributed by atoms with Gasteiger partial charge in [0.15, 0.2) is 0 Å². The molecule has 1 aliphatic heterocycles. The van der Waals surface area contributed by atoms with E-state index >= 15 is 0 Å². The molecule has 1 N–H and O–H groups in total. The first-order valence-corrected chi connectivity index (χ1v) is 7.59. The summed E-state index contributed by atoms with van der Waals surface area (Å²) in [6.07, 6.45) is 6.19. The maximum Gasteiger partial charge on any atom is 0.111 e. The summed E-state index contributed by atoms with van der Waals surface area (Å²) in [7, 11) is 0. The van der Waals surface area contributed by atoms with E-state index in [2.05, 4.69) is 16.0 Å². The first-order valence-electron chi connectivity index (χ1n) is 7.21. The van der Waals surface area contributed by atoms with Crippen LogP contribution in [0, 0.1) is 0 Å². The Bertz CT molecular complexity index is 609. The van der Waals surface area contributed by atoms with E-state index in [-0.39, 0.29) is 0 Å². The van der Waals surface area contributed by atoms with Gasteiger partial charge >= 0.3 is 0 Å². The molecule has 1 saturated carbocycles. The summed E-state index contributed by atoms with van der Waals surface area (Å²) in [4.78, 5) is 4.84. The van der Waals surface area contributed by atoms with Crippen LogP contribution in [-0.2, 0) is 6.42 Å². The molecule has 2 heterocycles. The number of nitrogens with zero attached hydrogens (tertiary/aromatic N) is 2. The Morgan fingerprint density at radius 1 is 1.32 bits per heavy atom. The average molecular weight is 276 g/mol. The Balaban J connectivity index is 1.77. The predicted molar refractivity (Wildman–Crippen MR) is 77.7 cm³/mol. The molecule has 1 aromatic heterocycles. The summed E-state index contributed by atoms with van der Waals surface area (Å²) >= 11 is 6.08. The quantitative estimate of drug-likeness (QED) is 0.931. The molecule has 2 fully saturated rings. The Morgan fingerprint density at radius 2 is 2.21 bits per heavy atom. The fourth-order valence-electron chi connectivity index (χ4n) is 3.16. The maximum atomic E-state index is 6.08. The lowest BCUT2D eigenvalue weighted by atomic mass is 10.1. The van der Waals surface area contributed by atoms with Crippen molar-refractivity contribution in [3.8, 4) is 0 Å². The van der Waals surface area contributed by atoms with E-state index < -0.39 is 0 Å². The topological polar surface area (TPSA) is 29.9 Å². The van der Waals surface area contributed by atoms with Crippen LogP contribution in [0.4, 0.5) is 0 Å². The fourth-order valence-corrected chi connectivity index (χ4v) is 3.32. The number of fused-ring (bicyclic) bond motifs is 1. The smallest absolute Gasteiger partial charge is 0.111 e. The molecule has 4 rings (SSSR count). The molecule has 0 radical (unpaired) electrons. The van der Waals surface area contributed by atoms with Crippen LogP contribution in [0.1, 0.15) is 37.5 Å². The largest absolute Gasteiger partial charge is 0.325 e. The molecule has 0 bridgehead atoms. The molecule has 1 aliphatic carbocycles. The molecule has 2 aromatic rings. The van der Waals surface area contributed by atoms with E-state index in [0.29, 0.717) is 12.1 Å². The van der Waals surface area contributed by atoms with Crippen LogP contribution in [0.3, 0.4) is 0 Å². The summed E-state index contributed by atoms with van der Waals surface area (Å²) < 4.78 is 2.45. The molecule has 3 nitrogen and oxygen atoms in total. The summed E-state index contributed by atoms with van der Waals surface area (Å²) in [5.74, 6) is 1.24. The van der Waals surface area contributed by atoms with E-state index in [4.69, 9.17) is 16.6 Å². The van der Waals surface area contributed by atoms with E-state index in [1.54, 1.807) is 0 Å². The standard InChI is InChI=1S/C15H18ClN3/c16-10-3-6-14-13(8-10)18-15(19(14)12-4-5-12)9-11-2-1-7-17-11/h3,6,8,11-12,17H,1-2,4-5,7,9H2. The van der Waals surface area contributed by atoms with Crippen LogP contribution in [0.5, 0.6) is 0 Å². The van der Waals surface area contributed by atoms with Crippen molar-refractivity contribution in [3.05, 3.63) is 29.0 Å². The average Bonchev–Trinajstić information content (AvgIpc) is 2.97. The highest BCUT2D eigenvalue weighted by atomic mass is 35.5. The van der Waals surface area contributed by atoms with E-state index in [9.17, 15) is 0 Å². The van der Waals surface area contributed by atoms with Crippen molar-refractivity contribution in [2.75, 3.05) is 6.54 Å². The second-order valence-corrected chi connectivity index (χ2v) is 6.20. The van der Waals surface area contributed by atoms with Crippen LogP contribution >= 0.6 is 11.6 Å². The minimum atomic E-state index is 0.602. The highest BCUT2D eigenvalue weighted by Gasteiger charge is 2.29. The number of hydrogen-bond donors (Lipinski definition) is 1. The van der Waals surface area contributed by atoms with Gasteiger partial charge < -0.3 is 9.88 Å². The molecule has 4 heteroatoms. The van der Waals surface area contributed by atoms with Crippen LogP contribution in [0.15, 0.2) is 18.2 Å². The third-order valence-corrected chi connectivity index (χ3v) is 4.46. The Hall–Kier alpha value is -1.06. The molecular formula is C15H18ClN3. The van der Waals surface area contributed by atoms with Crippen molar-refractivity contribution < 1.29 is 0 Å². The minimum Gasteiger partial charge on any atom is -0.325 e. The van der Waals surface area contributed by atoms with Gasteiger partial charge in [-0.15, -0.1) is 0 Å². The van der Waals surface area contributed by atoms with Gasteiger partial charge in [0.25, 0.3) is 0 Å². The molecule has 19 heavy (non-hydrogen) atoms. The summed E-state index contributed by atoms with van der Waals surface area (Å²) in [6.45, 7) is 1.15. The molecular weight excluding hydrogens is 258 g/mol. The van der Waals surface area contributed by atoms with Gasteiger partial charge in [-0.1, -0.05) is 11.6 Å². The number of imidazole rings is 1. The number of halogens is 1. The molecule has 2 aliphatic rings. The monoisotopic (exact) mass is 275 g/mol. The van der Waals surface area contributed by atoms with Crippen LogP contribution in [0.25, 0.3) is 11.0 Å². The summed E-state index contributed by atoms with van der Waals surface area (Å²) in [6, 6.07) is 7.35. The van der Waals surface area contributed by atoms with Crippen molar-refractivity contribution >= 4 is 22.6 Å². The van der Waals surface area contributed by atoms with E-state index in [1.165, 1.54) is 37.0 Å². The van der Waals surface area contributed by atoms with Crippen LogP contribution in [0.2, 0.25) is 5.02 Å². The van der Waals surface area contributed by atoms with Gasteiger partial charge in [-0.2, -0.15) is 0 Å². The van der Waals surface area contributed by atoms with Gasteiger partial charge in [0.1, 0.15) is 5.82 Å². The van der Waals surface area contributed by atoms with Crippen molar-refractivity contribution in [1.29, 1.82) is 0 Å². The molecule has 1 aromatic carbocycles. The molecule has 0 amide bonds. The molecule has 1 atom stereocenters. The Kier molecular flexibility index (Phi) is 2.78. The third-order valence-electron chi connectivity index (χ3n) is 4.23. The lowest BCUT2D eigenvalue weighted by Gasteiger charge is -2.12.